The molecule has 0 fully saturated rings. The molecule has 0 amide bonds. The number of phosphoric acid groups is 1. The van der Waals surface area contributed by atoms with Crippen LogP contribution in [0.1, 0.15) is 265 Å². The molecule has 0 heterocycles. The van der Waals surface area contributed by atoms with Crippen LogP contribution in [-0.4, -0.2) is 66.5 Å². The Balaban J connectivity index is 4.77. The van der Waals surface area contributed by atoms with Gasteiger partial charge in [0.25, 0.3) is 0 Å². The number of ether oxygens (including phenoxy) is 3. The summed E-state index contributed by atoms with van der Waals surface area (Å²) >= 11 is 0. The summed E-state index contributed by atoms with van der Waals surface area (Å²) in [5.74, 6) is -1.56. The maximum Gasteiger partial charge on any atom is 0.472 e. The van der Waals surface area contributed by atoms with Gasteiger partial charge in [0, 0.05) is 19.3 Å². The van der Waals surface area contributed by atoms with Gasteiger partial charge in [0.1, 0.15) is 12.7 Å². The predicted octanol–water partition coefficient (Wildman–Crippen LogP) is 18.3. The first-order valence-electron chi connectivity index (χ1n) is 30.5. The molecule has 0 spiro atoms. The van der Waals surface area contributed by atoms with Crippen molar-refractivity contribution in [3.63, 3.8) is 0 Å². The van der Waals surface area contributed by atoms with E-state index < -0.39 is 57.8 Å². The first kappa shape index (κ1) is 72.7. The SMILES string of the molecule is CC/C=C\C/C=C\C/C=C\C/C=C\CCC(=O)OC(CO)COP(=O)(O)OCC(COC(=O)CCCCCCCCC/C=C\C/C=C\CCCCC)OC(=O)CCCCCCCCCCC/C=C\CCCCCCCC. The van der Waals surface area contributed by atoms with E-state index in [9.17, 15) is 28.9 Å². The second kappa shape index (κ2) is 57.8. The molecule has 76 heavy (non-hydrogen) atoms. The molecule has 2 N–H and O–H groups in total. The number of esters is 3. The van der Waals surface area contributed by atoms with Crippen LogP contribution < -0.4 is 0 Å². The van der Waals surface area contributed by atoms with Crippen LogP contribution in [0.4, 0.5) is 0 Å². The molecule has 3 unspecified atom stereocenters. The van der Waals surface area contributed by atoms with Crippen LogP contribution in [-0.2, 0) is 42.2 Å². The number of hydrogen-bond acceptors (Lipinski definition) is 10. The van der Waals surface area contributed by atoms with Gasteiger partial charge in [0.2, 0.25) is 0 Å². The third-order valence-electron chi connectivity index (χ3n) is 12.8. The minimum atomic E-state index is -4.77. The van der Waals surface area contributed by atoms with Crippen molar-refractivity contribution in [2.75, 3.05) is 26.4 Å². The third kappa shape index (κ3) is 55.4. The lowest BCUT2D eigenvalue weighted by Gasteiger charge is -2.21. The van der Waals surface area contributed by atoms with Crippen LogP contribution in [0.25, 0.3) is 0 Å². The Labute approximate surface area is 464 Å². The Morgan fingerprint density at radius 1 is 0.382 bits per heavy atom. The van der Waals surface area contributed by atoms with E-state index in [-0.39, 0.29) is 25.9 Å². The van der Waals surface area contributed by atoms with Crippen LogP contribution >= 0.6 is 7.82 Å². The van der Waals surface area contributed by atoms with Gasteiger partial charge in [-0.3, -0.25) is 23.4 Å². The molecule has 3 atom stereocenters. The fourth-order valence-corrected chi connectivity index (χ4v) is 8.94. The Bertz CT molecular complexity index is 1600. The van der Waals surface area contributed by atoms with E-state index in [1.165, 1.54) is 122 Å². The molecule has 0 aromatic rings. The van der Waals surface area contributed by atoms with Gasteiger partial charge in [0.15, 0.2) is 6.10 Å². The molecule has 0 aromatic carbocycles. The van der Waals surface area contributed by atoms with Gasteiger partial charge < -0.3 is 24.2 Å². The van der Waals surface area contributed by atoms with Crippen LogP contribution in [0.5, 0.6) is 0 Å². The quantitative estimate of drug-likeness (QED) is 0.0197. The zero-order valence-corrected chi connectivity index (χ0v) is 49.3. The van der Waals surface area contributed by atoms with Crippen molar-refractivity contribution in [2.24, 2.45) is 0 Å². The number of aliphatic hydroxyl groups is 1. The van der Waals surface area contributed by atoms with Crippen LogP contribution in [0.2, 0.25) is 0 Å². The van der Waals surface area contributed by atoms with Crippen molar-refractivity contribution in [3.05, 3.63) is 85.1 Å². The van der Waals surface area contributed by atoms with Crippen molar-refractivity contribution in [1.82, 2.24) is 0 Å². The summed E-state index contributed by atoms with van der Waals surface area (Å²) in [5.41, 5.74) is 0. The van der Waals surface area contributed by atoms with Crippen molar-refractivity contribution in [2.45, 2.75) is 277 Å². The lowest BCUT2D eigenvalue weighted by Crippen LogP contribution is -2.30. The number of carbonyl (C=O) groups is 3. The molecular formula is C64H111O11P. The normalized spacial score (nSPS) is 13.9. The van der Waals surface area contributed by atoms with Crippen molar-refractivity contribution in [3.8, 4) is 0 Å². The lowest BCUT2D eigenvalue weighted by atomic mass is 10.1. The monoisotopic (exact) mass is 1090 g/mol. The number of aliphatic hydroxyl groups excluding tert-OH is 1. The summed E-state index contributed by atoms with van der Waals surface area (Å²) in [6, 6.07) is 0. The number of carbonyl (C=O) groups excluding carboxylic acids is 3. The van der Waals surface area contributed by atoms with Gasteiger partial charge in [-0.2, -0.15) is 0 Å². The van der Waals surface area contributed by atoms with E-state index in [0.29, 0.717) is 19.3 Å². The van der Waals surface area contributed by atoms with E-state index in [0.717, 1.165) is 83.5 Å². The summed E-state index contributed by atoms with van der Waals surface area (Å²) < 4.78 is 39.5. The average molecular weight is 1090 g/mol. The zero-order valence-electron chi connectivity index (χ0n) is 48.5. The Morgan fingerprint density at radius 2 is 0.711 bits per heavy atom. The fraction of sp³-hybridized carbons (Fsp3) is 0.734. The molecule has 0 bridgehead atoms. The van der Waals surface area contributed by atoms with Gasteiger partial charge in [0.05, 0.1) is 19.8 Å². The molecule has 0 rings (SSSR count). The van der Waals surface area contributed by atoms with Gasteiger partial charge in [-0.15, -0.1) is 0 Å². The highest BCUT2D eigenvalue weighted by atomic mass is 31.2. The van der Waals surface area contributed by atoms with Crippen molar-refractivity contribution in [1.29, 1.82) is 0 Å². The Morgan fingerprint density at radius 3 is 1.17 bits per heavy atom. The molecule has 12 heteroatoms. The zero-order chi connectivity index (χ0) is 55.5. The molecule has 0 saturated carbocycles. The molecular weight excluding hydrogens is 976 g/mol. The van der Waals surface area contributed by atoms with Crippen LogP contribution in [0.15, 0.2) is 85.1 Å². The van der Waals surface area contributed by atoms with E-state index in [2.05, 4.69) is 93.7 Å². The highest BCUT2D eigenvalue weighted by molar-refractivity contribution is 7.47. The maximum atomic E-state index is 12.9. The van der Waals surface area contributed by atoms with Gasteiger partial charge in [-0.25, -0.2) is 4.57 Å². The minimum Gasteiger partial charge on any atom is -0.462 e. The van der Waals surface area contributed by atoms with E-state index >= 15 is 0 Å². The summed E-state index contributed by atoms with van der Waals surface area (Å²) in [4.78, 5) is 48.6. The van der Waals surface area contributed by atoms with E-state index in [1.807, 2.05) is 12.2 Å². The minimum absolute atomic E-state index is 0.0535. The molecule has 0 radical (unpaired) electrons. The Hall–Kier alpha value is -3.34. The second-order valence-electron chi connectivity index (χ2n) is 20.1. The third-order valence-corrected chi connectivity index (χ3v) is 13.7. The first-order chi connectivity index (χ1) is 37.2. The number of phosphoric ester groups is 1. The second-order valence-corrected chi connectivity index (χ2v) is 21.6. The molecule has 438 valence electrons. The van der Waals surface area contributed by atoms with E-state index in [1.54, 1.807) is 0 Å². The van der Waals surface area contributed by atoms with Crippen molar-refractivity contribution >= 4 is 25.7 Å². The summed E-state index contributed by atoms with van der Waals surface area (Å²) in [6.45, 7) is 4.43. The fourth-order valence-electron chi connectivity index (χ4n) is 8.16. The van der Waals surface area contributed by atoms with Crippen LogP contribution in [0.3, 0.4) is 0 Å². The molecule has 0 aromatic heterocycles. The lowest BCUT2D eigenvalue weighted by molar-refractivity contribution is -0.161. The first-order valence-corrected chi connectivity index (χ1v) is 32.0. The highest BCUT2D eigenvalue weighted by Gasteiger charge is 2.28. The predicted molar refractivity (Wildman–Crippen MR) is 316 cm³/mol. The molecule has 11 nitrogen and oxygen atoms in total. The molecule has 0 saturated heterocycles. The van der Waals surface area contributed by atoms with Gasteiger partial charge in [-0.1, -0.05) is 228 Å². The number of rotatable bonds is 56. The highest BCUT2D eigenvalue weighted by Crippen LogP contribution is 2.43. The number of unbranched alkanes of at least 4 members (excludes halogenated alkanes) is 25. The molecule has 0 aliphatic heterocycles. The Kier molecular flexibility index (Phi) is 55.3. The largest absolute Gasteiger partial charge is 0.472 e. The van der Waals surface area contributed by atoms with Crippen molar-refractivity contribution < 1.29 is 52.2 Å². The number of hydrogen-bond donors (Lipinski definition) is 2. The molecule has 0 aliphatic rings. The maximum absolute atomic E-state index is 12.9. The number of allylic oxidation sites excluding steroid dienone is 14. The average Bonchev–Trinajstić information content (AvgIpc) is 3.41. The van der Waals surface area contributed by atoms with Gasteiger partial charge in [-0.05, 0) is 103 Å². The van der Waals surface area contributed by atoms with E-state index in [4.69, 9.17) is 23.3 Å². The molecule has 0 aliphatic carbocycles. The summed E-state index contributed by atoms with van der Waals surface area (Å²) in [7, 11) is -4.77. The summed E-state index contributed by atoms with van der Waals surface area (Å²) in [6.07, 6.45) is 67.0. The van der Waals surface area contributed by atoms with Crippen LogP contribution in [0, 0.1) is 0 Å². The standard InChI is InChI=1S/C64H111O11P/c1-4-7-10-13-16-19-22-25-27-29-30-32-34-37-40-43-46-49-52-55-64(68)75-61(57-71-62(66)53-50-47-44-41-38-36-33-31-28-26-23-20-17-14-11-8-5-2)59-73-76(69,70)72-58-60(56-65)74-63(67)54-51-48-45-42-39-35-24-21-18-15-12-9-6-3/h9,12,17-18,20-21,25-28,35,39,45,48,60-61,65H,4-8,10-11,13-16,19,22-24,29-34,36-38,40-44,46-47,49-59H2,1-3H3,(H,69,70)/b12-9-,20-17-,21-18-,27-25-,28-26-,39-35-,48-45-. The van der Waals surface area contributed by atoms with Gasteiger partial charge >= 0.3 is 25.7 Å². The summed E-state index contributed by atoms with van der Waals surface area (Å²) in [5, 5.41) is 9.80. The topological polar surface area (TPSA) is 155 Å². The smallest absolute Gasteiger partial charge is 0.462 e.